The molecule has 0 fully saturated rings. The van der Waals surface area contributed by atoms with E-state index in [2.05, 4.69) is 11.1 Å². The largest absolute Gasteiger partial charge is 0.493 e. The first kappa shape index (κ1) is 11.7. The van der Waals surface area contributed by atoms with Gasteiger partial charge in [-0.15, -0.1) is 11.3 Å². The van der Waals surface area contributed by atoms with E-state index >= 15 is 0 Å². The molecule has 0 amide bonds. The number of aryl methyl sites for hydroxylation is 2. The van der Waals surface area contributed by atoms with Crippen molar-refractivity contribution < 1.29 is 9.84 Å². The van der Waals surface area contributed by atoms with Crippen molar-refractivity contribution in [3.8, 4) is 16.3 Å². The smallest absolute Gasteiger partial charge is 0.123 e. The van der Waals surface area contributed by atoms with Crippen LogP contribution in [-0.4, -0.2) is 16.7 Å². The third-order valence-electron chi connectivity index (χ3n) is 3.19. The molecule has 2 heterocycles. The number of nitrogens with zero attached hydrogens (tertiary/aromatic N) is 1. The average molecular weight is 261 g/mol. The lowest BCUT2D eigenvalue weighted by Gasteiger charge is -2.17. The summed E-state index contributed by atoms with van der Waals surface area (Å²) in [6, 6.07) is 6.23. The van der Waals surface area contributed by atoms with Gasteiger partial charge in [0.2, 0.25) is 0 Å². The van der Waals surface area contributed by atoms with E-state index in [-0.39, 0.29) is 6.61 Å². The number of hydrogen-bond acceptors (Lipinski definition) is 4. The third kappa shape index (κ3) is 2.02. The number of thiazole rings is 1. The highest BCUT2D eigenvalue weighted by Gasteiger charge is 2.14. The Bertz CT molecular complexity index is 577. The van der Waals surface area contributed by atoms with Gasteiger partial charge < -0.3 is 9.84 Å². The standard InChI is InChI=1S/C14H15NO2S/c1-9-13(8-16)18-14(15-9)11-4-5-12-10(7-11)3-2-6-17-12/h4-5,7,16H,2-3,6,8H2,1H3. The fourth-order valence-electron chi connectivity index (χ4n) is 2.19. The molecule has 1 aliphatic rings. The van der Waals surface area contributed by atoms with Crippen molar-refractivity contribution >= 4 is 11.3 Å². The summed E-state index contributed by atoms with van der Waals surface area (Å²) in [4.78, 5) is 5.46. The zero-order chi connectivity index (χ0) is 12.5. The lowest BCUT2D eigenvalue weighted by atomic mass is 10.0. The topological polar surface area (TPSA) is 42.4 Å². The third-order valence-corrected chi connectivity index (χ3v) is 4.38. The van der Waals surface area contributed by atoms with Crippen LogP contribution in [0.1, 0.15) is 22.6 Å². The molecule has 94 valence electrons. The fraction of sp³-hybridized carbons (Fsp3) is 0.357. The molecule has 1 aliphatic heterocycles. The van der Waals surface area contributed by atoms with Gasteiger partial charge in [-0.05, 0) is 43.5 Å². The van der Waals surface area contributed by atoms with Gasteiger partial charge in [-0.25, -0.2) is 4.98 Å². The lowest BCUT2D eigenvalue weighted by Crippen LogP contribution is -2.07. The van der Waals surface area contributed by atoms with Crippen LogP contribution >= 0.6 is 11.3 Å². The Morgan fingerprint density at radius 1 is 1.44 bits per heavy atom. The molecule has 18 heavy (non-hydrogen) atoms. The van der Waals surface area contributed by atoms with E-state index in [0.29, 0.717) is 0 Å². The molecule has 1 aromatic carbocycles. The van der Waals surface area contributed by atoms with Crippen LogP contribution in [0.25, 0.3) is 10.6 Å². The molecule has 4 heteroatoms. The summed E-state index contributed by atoms with van der Waals surface area (Å²) < 4.78 is 5.61. The van der Waals surface area contributed by atoms with Gasteiger partial charge in [-0.2, -0.15) is 0 Å². The first-order valence-electron chi connectivity index (χ1n) is 6.11. The lowest BCUT2D eigenvalue weighted by molar-refractivity contribution is 0.284. The fourth-order valence-corrected chi connectivity index (χ4v) is 3.11. The predicted molar refractivity (Wildman–Crippen MR) is 72.0 cm³/mol. The molecule has 0 atom stereocenters. The molecule has 0 bridgehead atoms. The Balaban J connectivity index is 2.00. The predicted octanol–water partition coefficient (Wildman–Crippen LogP) is 2.94. The highest BCUT2D eigenvalue weighted by molar-refractivity contribution is 7.15. The second-order valence-electron chi connectivity index (χ2n) is 4.46. The Morgan fingerprint density at radius 2 is 2.33 bits per heavy atom. The van der Waals surface area contributed by atoms with E-state index in [4.69, 9.17) is 4.74 Å². The van der Waals surface area contributed by atoms with E-state index in [1.807, 2.05) is 19.1 Å². The van der Waals surface area contributed by atoms with Crippen LogP contribution in [0.4, 0.5) is 0 Å². The molecule has 0 spiro atoms. The van der Waals surface area contributed by atoms with Gasteiger partial charge in [0.05, 0.1) is 23.8 Å². The second kappa shape index (κ2) is 4.71. The molecule has 3 nitrogen and oxygen atoms in total. The van der Waals surface area contributed by atoms with Crippen LogP contribution in [0.3, 0.4) is 0 Å². The second-order valence-corrected chi connectivity index (χ2v) is 5.54. The molecule has 0 unspecified atom stereocenters. The van der Waals surface area contributed by atoms with Crippen LogP contribution in [0.2, 0.25) is 0 Å². The maximum absolute atomic E-state index is 9.22. The van der Waals surface area contributed by atoms with Gasteiger partial charge in [-0.1, -0.05) is 0 Å². The summed E-state index contributed by atoms with van der Waals surface area (Å²) in [6.07, 6.45) is 2.15. The number of aromatic nitrogens is 1. The molecule has 0 saturated carbocycles. The van der Waals surface area contributed by atoms with Crippen molar-refractivity contribution in [3.05, 3.63) is 34.3 Å². The van der Waals surface area contributed by atoms with Crippen molar-refractivity contribution in [1.82, 2.24) is 4.98 Å². The molecule has 1 aromatic heterocycles. The maximum atomic E-state index is 9.22. The number of aliphatic hydroxyl groups excluding tert-OH is 1. The van der Waals surface area contributed by atoms with Gasteiger partial charge >= 0.3 is 0 Å². The van der Waals surface area contributed by atoms with Crippen LogP contribution in [-0.2, 0) is 13.0 Å². The van der Waals surface area contributed by atoms with Gasteiger partial charge in [-0.3, -0.25) is 0 Å². The summed E-state index contributed by atoms with van der Waals surface area (Å²) in [5.41, 5.74) is 3.30. The molecule has 2 aromatic rings. The Hall–Kier alpha value is -1.39. The zero-order valence-corrected chi connectivity index (χ0v) is 11.1. The van der Waals surface area contributed by atoms with Crippen molar-refractivity contribution in [3.63, 3.8) is 0 Å². The van der Waals surface area contributed by atoms with Gasteiger partial charge in [0.15, 0.2) is 0 Å². The molecule has 0 radical (unpaired) electrons. The van der Waals surface area contributed by atoms with Crippen LogP contribution in [0.5, 0.6) is 5.75 Å². The van der Waals surface area contributed by atoms with Crippen LogP contribution in [0.15, 0.2) is 18.2 Å². The molecular formula is C14H15NO2S. The van der Waals surface area contributed by atoms with E-state index in [0.717, 1.165) is 46.3 Å². The highest BCUT2D eigenvalue weighted by atomic mass is 32.1. The number of hydrogen-bond donors (Lipinski definition) is 1. The minimum Gasteiger partial charge on any atom is -0.493 e. The van der Waals surface area contributed by atoms with Crippen LogP contribution in [0, 0.1) is 6.92 Å². The van der Waals surface area contributed by atoms with E-state index in [9.17, 15) is 5.11 Å². The Morgan fingerprint density at radius 3 is 3.11 bits per heavy atom. The SMILES string of the molecule is Cc1nc(-c2ccc3c(c2)CCCO3)sc1CO. The average Bonchev–Trinajstić information content (AvgIpc) is 2.79. The summed E-state index contributed by atoms with van der Waals surface area (Å²) in [5, 5.41) is 10.2. The maximum Gasteiger partial charge on any atom is 0.123 e. The monoisotopic (exact) mass is 261 g/mol. The molecule has 0 saturated heterocycles. The normalized spacial score (nSPS) is 14.1. The molecular weight excluding hydrogens is 246 g/mol. The van der Waals surface area contributed by atoms with Crippen LogP contribution < -0.4 is 4.74 Å². The van der Waals surface area contributed by atoms with E-state index in [1.54, 1.807) is 11.3 Å². The van der Waals surface area contributed by atoms with Crippen molar-refractivity contribution in [2.24, 2.45) is 0 Å². The van der Waals surface area contributed by atoms with Crippen molar-refractivity contribution in [1.29, 1.82) is 0 Å². The first-order chi connectivity index (χ1) is 8.78. The minimum absolute atomic E-state index is 0.0670. The van der Waals surface area contributed by atoms with Crippen molar-refractivity contribution in [2.75, 3.05) is 6.61 Å². The molecule has 0 aliphatic carbocycles. The Kier molecular flexibility index (Phi) is 3.06. The summed E-state index contributed by atoms with van der Waals surface area (Å²) >= 11 is 1.56. The number of ether oxygens (including phenoxy) is 1. The summed E-state index contributed by atoms with van der Waals surface area (Å²) in [6.45, 7) is 2.82. The first-order valence-corrected chi connectivity index (χ1v) is 6.93. The Labute approximate surface area is 110 Å². The van der Waals surface area contributed by atoms with E-state index < -0.39 is 0 Å². The van der Waals surface area contributed by atoms with Gasteiger partial charge in [0.25, 0.3) is 0 Å². The summed E-state index contributed by atoms with van der Waals surface area (Å²) in [5.74, 6) is 1.00. The number of rotatable bonds is 2. The summed E-state index contributed by atoms with van der Waals surface area (Å²) in [7, 11) is 0. The number of benzene rings is 1. The number of fused-ring (bicyclic) bond motifs is 1. The molecule has 1 N–H and O–H groups in total. The van der Waals surface area contributed by atoms with Gasteiger partial charge in [0, 0.05) is 5.56 Å². The highest BCUT2D eigenvalue weighted by Crippen LogP contribution is 2.33. The minimum atomic E-state index is 0.0670. The zero-order valence-electron chi connectivity index (χ0n) is 10.3. The number of aliphatic hydroxyl groups is 1. The van der Waals surface area contributed by atoms with Gasteiger partial charge in [0.1, 0.15) is 10.8 Å². The van der Waals surface area contributed by atoms with Crippen molar-refractivity contribution in [2.45, 2.75) is 26.4 Å². The molecule has 3 rings (SSSR count). The van der Waals surface area contributed by atoms with E-state index in [1.165, 1.54) is 5.56 Å². The quantitative estimate of drug-likeness (QED) is 0.903.